The zero-order valence-corrected chi connectivity index (χ0v) is 14.3. The second-order valence-corrected chi connectivity index (χ2v) is 6.09. The van der Waals surface area contributed by atoms with Crippen LogP contribution in [0.3, 0.4) is 0 Å². The van der Waals surface area contributed by atoms with Crippen LogP contribution in [0.2, 0.25) is 5.02 Å². The number of carbonyl (C=O) groups is 1. The first-order valence-corrected chi connectivity index (χ1v) is 7.89. The van der Waals surface area contributed by atoms with Gasteiger partial charge in [-0.05, 0) is 62.9 Å². The summed E-state index contributed by atoms with van der Waals surface area (Å²) in [7, 11) is 0. The predicted octanol–water partition coefficient (Wildman–Crippen LogP) is 3.86. The standard InChI is InChI=1S/C16H22ClFN2O.ClH/c1-11(14-4-3-13(18)10-15(14)17)20-16(21)5-2-12-6-8-19-9-7-12;/h3-4,10-12,19H,2,5-9H2,1H3,(H,20,21);1H. The number of amides is 1. The summed E-state index contributed by atoms with van der Waals surface area (Å²) in [6.45, 7) is 3.96. The van der Waals surface area contributed by atoms with E-state index in [2.05, 4.69) is 10.6 Å². The molecule has 0 bridgehead atoms. The molecule has 0 aliphatic carbocycles. The lowest BCUT2D eigenvalue weighted by molar-refractivity contribution is -0.122. The maximum Gasteiger partial charge on any atom is 0.220 e. The van der Waals surface area contributed by atoms with Gasteiger partial charge in [0.15, 0.2) is 0 Å². The molecule has 1 amide bonds. The fourth-order valence-corrected chi connectivity index (χ4v) is 3.08. The van der Waals surface area contributed by atoms with Crippen LogP contribution >= 0.6 is 24.0 Å². The van der Waals surface area contributed by atoms with Gasteiger partial charge in [-0.15, -0.1) is 12.4 Å². The molecule has 1 atom stereocenters. The first-order chi connectivity index (χ1) is 10.1. The number of halogens is 3. The molecule has 2 N–H and O–H groups in total. The lowest BCUT2D eigenvalue weighted by atomic mass is 9.93. The van der Waals surface area contributed by atoms with Gasteiger partial charge in [-0.3, -0.25) is 4.79 Å². The molecule has 1 aliphatic heterocycles. The summed E-state index contributed by atoms with van der Waals surface area (Å²) in [5, 5.41) is 6.60. The Bertz CT molecular complexity index is 493. The van der Waals surface area contributed by atoms with Crippen molar-refractivity contribution in [3.8, 4) is 0 Å². The van der Waals surface area contributed by atoms with Crippen molar-refractivity contribution in [2.24, 2.45) is 5.92 Å². The van der Waals surface area contributed by atoms with E-state index in [0.717, 1.165) is 37.9 Å². The molecule has 0 spiro atoms. The minimum atomic E-state index is -0.367. The Balaban J connectivity index is 0.00000242. The number of rotatable bonds is 5. The molecule has 1 saturated heterocycles. The van der Waals surface area contributed by atoms with Crippen molar-refractivity contribution in [1.82, 2.24) is 10.6 Å². The topological polar surface area (TPSA) is 41.1 Å². The molecule has 2 rings (SSSR count). The highest BCUT2D eigenvalue weighted by atomic mass is 35.5. The summed E-state index contributed by atoms with van der Waals surface area (Å²) in [6, 6.07) is 4.04. The number of hydrogen-bond acceptors (Lipinski definition) is 2. The fraction of sp³-hybridized carbons (Fsp3) is 0.562. The van der Waals surface area contributed by atoms with E-state index in [-0.39, 0.29) is 30.2 Å². The normalized spacial score (nSPS) is 16.7. The van der Waals surface area contributed by atoms with Crippen LogP contribution < -0.4 is 10.6 Å². The third kappa shape index (κ3) is 5.75. The summed E-state index contributed by atoms with van der Waals surface area (Å²) in [4.78, 5) is 12.0. The van der Waals surface area contributed by atoms with Crippen LogP contribution in [-0.4, -0.2) is 19.0 Å². The number of benzene rings is 1. The Morgan fingerprint density at radius 2 is 2.14 bits per heavy atom. The van der Waals surface area contributed by atoms with Gasteiger partial charge in [0.05, 0.1) is 6.04 Å². The monoisotopic (exact) mass is 348 g/mol. The van der Waals surface area contributed by atoms with E-state index in [1.807, 2.05) is 6.92 Å². The molecule has 1 aromatic carbocycles. The van der Waals surface area contributed by atoms with Gasteiger partial charge in [0.25, 0.3) is 0 Å². The van der Waals surface area contributed by atoms with Crippen LogP contribution in [0.25, 0.3) is 0 Å². The summed E-state index contributed by atoms with van der Waals surface area (Å²) in [5.41, 5.74) is 0.744. The smallest absolute Gasteiger partial charge is 0.220 e. The highest BCUT2D eigenvalue weighted by Crippen LogP contribution is 2.24. The lowest BCUT2D eigenvalue weighted by Gasteiger charge is -2.22. The maximum atomic E-state index is 13.0. The molecule has 6 heteroatoms. The van der Waals surface area contributed by atoms with Crippen molar-refractivity contribution >= 4 is 29.9 Å². The van der Waals surface area contributed by atoms with E-state index >= 15 is 0 Å². The van der Waals surface area contributed by atoms with E-state index in [1.165, 1.54) is 12.1 Å². The van der Waals surface area contributed by atoms with Gasteiger partial charge in [-0.1, -0.05) is 17.7 Å². The van der Waals surface area contributed by atoms with Gasteiger partial charge >= 0.3 is 0 Å². The minimum absolute atomic E-state index is 0. The average Bonchev–Trinajstić information content (AvgIpc) is 2.46. The summed E-state index contributed by atoms with van der Waals surface area (Å²) in [6.07, 6.45) is 3.75. The summed E-state index contributed by atoms with van der Waals surface area (Å²) < 4.78 is 13.0. The number of nitrogens with one attached hydrogen (secondary N) is 2. The number of hydrogen-bond donors (Lipinski definition) is 2. The summed E-state index contributed by atoms with van der Waals surface area (Å²) >= 11 is 6.01. The Kier molecular flexibility index (Phi) is 8.15. The van der Waals surface area contributed by atoms with Gasteiger partial charge in [0, 0.05) is 11.4 Å². The molecule has 1 aliphatic rings. The molecule has 1 unspecified atom stereocenters. The van der Waals surface area contributed by atoms with Crippen molar-refractivity contribution in [2.75, 3.05) is 13.1 Å². The molecule has 0 saturated carbocycles. The van der Waals surface area contributed by atoms with E-state index in [0.29, 0.717) is 17.4 Å². The molecule has 0 aromatic heterocycles. The maximum absolute atomic E-state index is 13.0. The Morgan fingerprint density at radius 1 is 1.45 bits per heavy atom. The van der Waals surface area contributed by atoms with Crippen LogP contribution in [0.1, 0.15) is 44.2 Å². The Morgan fingerprint density at radius 3 is 2.77 bits per heavy atom. The lowest BCUT2D eigenvalue weighted by Crippen LogP contribution is -2.30. The highest BCUT2D eigenvalue weighted by molar-refractivity contribution is 6.31. The molecule has 0 radical (unpaired) electrons. The van der Waals surface area contributed by atoms with Crippen molar-refractivity contribution in [3.05, 3.63) is 34.6 Å². The zero-order valence-electron chi connectivity index (χ0n) is 12.7. The van der Waals surface area contributed by atoms with E-state index in [9.17, 15) is 9.18 Å². The van der Waals surface area contributed by atoms with Crippen LogP contribution in [0.15, 0.2) is 18.2 Å². The van der Waals surface area contributed by atoms with Gasteiger partial charge < -0.3 is 10.6 Å². The first-order valence-electron chi connectivity index (χ1n) is 7.51. The van der Waals surface area contributed by atoms with E-state index in [1.54, 1.807) is 6.07 Å². The Hall–Kier alpha value is -0.840. The summed E-state index contributed by atoms with van der Waals surface area (Å²) in [5.74, 6) is 0.302. The molecule has 22 heavy (non-hydrogen) atoms. The van der Waals surface area contributed by atoms with Crippen LogP contribution in [0, 0.1) is 11.7 Å². The zero-order chi connectivity index (χ0) is 15.2. The molecule has 124 valence electrons. The van der Waals surface area contributed by atoms with Gasteiger partial charge in [-0.25, -0.2) is 4.39 Å². The van der Waals surface area contributed by atoms with Gasteiger partial charge in [0.2, 0.25) is 5.91 Å². The average molecular weight is 349 g/mol. The Labute approximate surface area is 142 Å². The molecular weight excluding hydrogens is 326 g/mol. The third-order valence-corrected chi connectivity index (χ3v) is 4.37. The van der Waals surface area contributed by atoms with E-state index < -0.39 is 0 Å². The second-order valence-electron chi connectivity index (χ2n) is 5.69. The second kappa shape index (κ2) is 9.33. The molecule has 1 fully saturated rings. The van der Waals surface area contributed by atoms with Crippen LogP contribution in [0.4, 0.5) is 4.39 Å². The van der Waals surface area contributed by atoms with Crippen molar-refractivity contribution < 1.29 is 9.18 Å². The van der Waals surface area contributed by atoms with Crippen molar-refractivity contribution in [1.29, 1.82) is 0 Å². The van der Waals surface area contributed by atoms with Crippen molar-refractivity contribution in [2.45, 2.75) is 38.6 Å². The van der Waals surface area contributed by atoms with Gasteiger partial charge in [0.1, 0.15) is 5.82 Å². The minimum Gasteiger partial charge on any atom is -0.350 e. The molecular formula is C16H23Cl2FN2O. The predicted molar refractivity (Wildman–Crippen MR) is 90.0 cm³/mol. The molecule has 1 aromatic rings. The number of piperidine rings is 1. The third-order valence-electron chi connectivity index (χ3n) is 4.04. The molecule has 1 heterocycles. The molecule has 3 nitrogen and oxygen atoms in total. The van der Waals surface area contributed by atoms with Crippen LogP contribution in [-0.2, 0) is 4.79 Å². The first kappa shape index (κ1) is 19.2. The van der Waals surface area contributed by atoms with E-state index in [4.69, 9.17) is 11.6 Å². The SMILES string of the molecule is CC(NC(=O)CCC1CCNCC1)c1ccc(F)cc1Cl.Cl. The van der Waals surface area contributed by atoms with Crippen LogP contribution in [0.5, 0.6) is 0 Å². The number of carbonyl (C=O) groups excluding carboxylic acids is 1. The fourth-order valence-electron chi connectivity index (χ4n) is 2.75. The van der Waals surface area contributed by atoms with Crippen molar-refractivity contribution in [3.63, 3.8) is 0 Å². The van der Waals surface area contributed by atoms with Gasteiger partial charge in [-0.2, -0.15) is 0 Å². The highest BCUT2D eigenvalue weighted by Gasteiger charge is 2.17. The largest absolute Gasteiger partial charge is 0.350 e. The quantitative estimate of drug-likeness (QED) is 0.848.